The lowest BCUT2D eigenvalue weighted by molar-refractivity contribution is 0.471. The van der Waals surface area contributed by atoms with Crippen molar-refractivity contribution in [3.63, 3.8) is 0 Å². The van der Waals surface area contributed by atoms with Crippen molar-refractivity contribution < 1.29 is 0 Å². The van der Waals surface area contributed by atoms with Crippen LogP contribution in [-0.2, 0) is 11.8 Å². The third kappa shape index (κ3) is 3.68. The first kappa shape index (κ1) is 16.1. The second-order valence-electron chi connectivity index (χ2n) is 6.59. The summed E-state index contributed by atoms with van der Waals surface area (Å²) in [4.78, 5) is 1.07. The summed E-state index contributed by atoms with van der Waals surface area (Å²) in [5, 5.41) is 8.88. The van der Waals surface area contributed by atoms with Crippen molar-refractivity contribution in [2.24, 2.45) is 5.73 Å². The average molecular weight is 307 g/mol. The molecule has 0 bridgehead atoms. The van der Waals surface area contributed by atoms with Gasteiger partial charge in [-0.15, -0.1) is 5.10 Å². The Morgan fingerprint density at radius 3 is 2.71 bits per heavy atom. The maximum absolute atomic E-state index is 6.37. The molecule has 0 radical (unpaired) electrons. The van der Waals surface area contributed by atoms with Gasteiger partial charge >= 0.3 is 0 Å². The molecule has 0 aliphatic rings. The highest BCUT2D eigenvalue weighted by molar-refractivity contribution is 7.05. The van der Waals surface area contributed by atoms with Gasteiger partial charge in [0.25, 0.3) is 0 Å². The lowest BCUT2D eigenvalue weighted by atomic mass is 9.89. The van der Waals surface area contributed by atoms with Crippen LogP contribution in [-0.4, -0.2) is 19.4 Å². The van der Waals surface area contributed by atoms with E-state index in [0.29, 0.717) is 6.04 Å². The SMILES string of the molecule is CCC(C)n1ccc(CC(N)c2snnc2C(C)(C)C)n1. The van der Waals surface area contributed by atoms with Gasteiger partial charge in [0.05, 0.1) is 16.3 Å². The Labute approximate surface area is 130 Å². The van der Waals surface area contributed by atoms with Crippen LogP contribution in [0.25, 0.3) is 0 Å². The number of hydrogen-bond donors (Lipinski definition) is 1. The first-order valence-corrected chi connectivity index (χ1v) is 8.22. The molecule has 0 aliphatic heterocycles. The van der Waals surface area contributed by atoms with E-state index in [9.17, 15) is 0 Å². The third-order valence-corrected chi connectivity index (χ3v) is 4.55. The minimum absolute atomic E-state index is 0.0317. The molecule has 2 rings (SSSR count). The van der Waals surface area contributed by atoms with E-state index in [4.69, 9.17) is 5.73 Å². The van der Waals surface area contributed by atoms with Crippen LogP contribution >= 0.6 is 11.5 Å². The highest BCUT2D eigenvalue weighted by atomic mass is 32.1. The van der Waals surface area contributed by atoms with Crippen LogP contribution in [0, 0.1) is 0 Å². The molecule has 6 heteroatoms. The van der Waals surface area contributed by atoms with Crippen LogP contribution in [0.5, 0.6) is 0 Å². The molecule has 0 aromatic carbocycles. The maximum Gasteiger partial charge on any atom is 0.0857 e. The van der Waals surface area contributed by atoms with Crippen molar-refractivity contribution in [2.75, 3.05) is 0 Å². The number of nitrogens with zero attached hydrogens (tertiary/aromatic N) is 4. The maximum atomic E-state index is 6.37. The Kier molecular flexibility index (Phi) is 4.78. The van der Waals surface area contributed by atoms with Gasteiger partial charge in [-0.05, 0) is 30.9 Å². The first-order chi connectivity index (χ1) is 9.82. The van der Waals surface area contributed by atoms with E-state index >= 15 is 0 Å². The van der Waals surface area contributed by atoms with E-state index in [-0.39, 0.29) is 11.5 Å². The Balaban J connectivity index is 2.13. The molecule has 0 saturated heterocycles. The van der Waals surface area contributed by atoms with Gasteiger partial charge in [-0.2, -0.15) is 5.10 Å². The predicted molar refractivity (Wildman–Crippen MR) is 86.5 cm³/mol. The molecular formula is C15H25N5S. The molecule has 21 heavy (non-hydrogen) atoms. The molecule has 0 spiro atoms. The second-order valence-corrected chi connectivity index (χ2v) is 7.38. The Bertz CT molecular complexity index is 581. The van der Waals surface area contributed by atoms with Crippen molar-refractivity contribution in [1.29, 1.82) is 0 Å². The second kappa shape index (κ2) is 6.23. The van der Waals surface area contributed by atoms with Gasteiger partial charge < -0.3 is 5.73 Å². The van der Waals surface area contributed by atoms with Crippen LogP contribution in [0.15, 0.2) is 12.3 Å². The molecule has 0 aliphatic carbocycles. The summed E-state index contributed by atoms with van der Waals surface area (Å²) in [5.41, 5.74) is 8.36. The van der Waals surface area contributed by atoms with Crippen molar-refractivity contribution in [3.05, 3.63) is 28.5 Å². The average Bonchev–Trinajstić information content (AvgIpc) is 3.05. The molecular weight excluding hydrogens is 282 g/mol. The number of rotatable bonds is 5. The summed E-state index contributed by atoms with van der Waals surface area (Å²) in [6.45, 7) is 10.7. The molecule has 0 amide bonds. The fourth-order valence-corrected chi connectivity index (χ4v) is 3.06. The van der Waals surface area contributed by atoms with Crippen LogP contribution in [0.4, 0.5) is 0 Å². The van der Waals surface area contributed by atoms with Crippen molar-refractivity contribution in [3.8, 4) is 0 Å². The van der Waals surface area contributed by atoms with Crippen LogP contribution < -0.4 is 5.73 Å². The van der Waals surface area contributed by atoms with Gasteiger partial charge in [-0.1, -0.05) is 32.2 Å². The predicted octanol–water partition coefficient (Wildman–Crippen LogP) is 3.25. The van der Waals surface area contributed by atoms with Crippen molar-refractivity contribution in [2.45, 2.75) is 65.0 Å². The van der Waals surface area contributed by atoms with Crippen LogP contribution in [0.2, 0.25) is 0 Å². The minimum Gasteiger partial charge on any atom is -0.323 e. The molecule has 116 valence electrons. The van der Waals surface area contributed by atoms with E-state index in [0.717, 1.165) is 29.1 Å². The van der Waals surface area contributed by atoms with Gasteiger partial charge in [0.2, 0.25) is 0 Å². The summed E-state index contributed by atoms with van der Waals surface area (Å²) in [5.74, 6) is 0. The molecule has 2 unspecified atom stereocenters. The van der Waals surface area contributed by atoms with E-state index in [1.54, 1.807) is 0 Å². The number of aromatic nitrogens is 4. The van der Waals surface area contributed by atoms with Gasteiger partial charge in [-0.25, -0.2) is 0 Å². The lowest BCUT2D eigenvalue weighted by Crippen LogP contribution is -2.20. The third-order valence-electron chi connectivity index (χ3n) is 3.70. The molecule has 0 fully saturated rings. The summed E-state index contributed by atoms with van der Waals surface area (Å²) < 4.78 is 6.10. The monoisotopic (exact) mass is 307 g/mol. The fraction of sp³-hybridized carbons (Fsp3) is 0.667. The zero-order valence-electron chi connectivity index (χ0n) is 13.5. The zero-order chi connectivity index (χ0) is 15.6. The Hall–Kier alpha value is -1.27. The fourth-order valence-electron chi connectivity index (χ4n) is 2.20. The molecule has 2 aromatic heterocycles. The summed E-state index contributed by atoms with van der Waals surface area (Å²) >= 11 is 1.40. The number of hydrogen-bond acceptors (Lipinski definition) is 5. The molecule has 0 saturated carbocycles. The quantitative estimate of drug-likeness (QED) is 0.920. The summed E-state index contributed by atoms with van der Waals surface area (Å²) in [6.07, 6.45) is 3.82. The molecule has 5 nitrogen and oxygen atoms in total. The van der Waals surface area contributed by atoms with Gasteiger partial charge in [0.15, 0.2) is 0 Å². The summed E-state index contributed by atoms with van der Waals surface area (Å²) in [7, 11) is 0. The van der Waals surface area contributed by atoms with E-state index in [1.165, 1.54) is 11.5 Å². The van der Waals surface area contributed by atoms with Gasteiger partial charge in [0.1, 0.15) is 0 Å². The van der Waals surface area contributed by atoms with E-state index in [1.807, 2.05) is 10.9 Å². The molecule has 2 heterocycles. The highest BCUT2D eigenvalue weighted by Gasteiger charge is 2.26. The molecule has 2 atom stereocenters. The highest BCUT2D eigenvalue weighted by Crippen LogP contribution is 2.30. The molecule has 2 aromatic rings. The summed E-state index contributed by atoms with van der Waals surface area (Å²) in [6, 6.07) is 2.38. The van der Waals surface area contributed by atoms with E-state index in [2.05, 4.69) is 55.4 Å². The molecule has 2 N–H and O–H groups in total. The largest absolute Gasteiger partial charge is 0.323 e. The minimum atomic E-state index is -0.0977. The Morgan fingerprint density at radius 2 is 2.10 bits per heavy atom. The van der Waals surface area contributed by atoms with Gasteiger partial charge in [0, 0.05) is 30.1 Å². The van der Waals surface area contributed by atoms with Crippen molar-refractivity contribution >= 4 is 11.5 Å². The topological polar surface area (TPSA) is 69.6 Å². The van der Waals surface area contributed by atoms with E-state index < -0.39 is 0 Å². The van der Waals surface area contributed by atoms with Crippen molar-refractivity contribution in [1.82, 2.24) is 19.4 Å². The zero-order valence-corrected chi connectivity index (χ0v) is 14.3. The van der Waals surface area contributed by atoms with Crippen LogP contribution in [0.1, 0.15) is 69.4 Å². The standard InChI is InChI=1S/C15H25N5S/c1-6-10(2)20-8-7-11(18-20)9-12(16)13-14(15(3,4)5)17-19-21-13/h7-8,10,12H,6,9,16H2,1-5H3. The first-order valence-electron chi connectivity index (χ1n) is 7.45. The number of nitrogens with two attached hydrogens (primary N) is 1. The Morgan fingerprint density at radius 1 is 1.38 bits per heavy atom. The van der Waals surface area contributed by atoms with Crippen LogP contribution in [0.3, 0.4) is 0 Å². The lowest BCUT2D eigenvalue weighted by Gasteiger charge is -2.19. The smallest absolute Gasteiger partial charge is 0.0857 e. The normalized spacial score (nSPS) is 15.1. The van der Waals surface area contributed by atoms with Gasteiger partial charge in [-0.3, -0.25) is 4.68 Å².